The average Bonchev–Trinajstić information content (AvgIpc) is 2.20. The molecule has 0 aromatic carbocycles. The maximum absolute atomic E-state index is 11.3. The zero-order valence-corrected chi connectivity index (χ0v) is 8.52. The van der Waals surface area contributed by atoms with Crippen molar-refractivity contribution in [2.45, 2.75) is 0 Å². The van der Waals surface area contributed by atoms with Crippen molar-refractivity contribution in [1.82, 2.24) is 10.2 Å². The molecule has 0 atom stereocenters. The molecule has 0 aromatic rings. The van der Waals surface area contributed by atoms with Crippen LogP contribution in [0.1, 0.15) is 0 Å². The summed E-state index contributed by atoms with van der Waals surface area (Å²) in [6, 6.07) is -0.507. The van der Waals surface area contributed by atoms with E-state index in [2.05, 4.69) is 11.2 Å². The maximum atomic E-state index is 11.3. The predicted octanol–water partition coefficient (Wildman–Crippen LogP) is -0.638. The molecular formula is C9H14N2O4. The van der Waals surface area contributed by atoms with Gasteiger partial charge in [-0.15, -0.1) is 6.42 Å². The van der Waals surface area contributed by atoms with Crippen LogP contribution in [0.3, 0.4) is 0 Å². The van der Waals surface area contributed by atoms with Crippen molar-refractivity contribution in [3.63, 3.8) is 0 Å². The fourth-order valence-corrected chi connectivity index (χ4v) is 0.856. The second-order valence-electron chi connectivity index (χ2n) is 2.67. The first-order valence-electron chi connectivity index (χ1n) is 4.28. The number of urea groups is 1. The van der Waals surface area contributed by atoms with Gasteiger partial charge in [0, 0.05) is 13.7 Å². The standard InChI is InChI=1S/C9H14N2O4/c1-3-4-10-9(14)11(5-6-15-2)7-8(12)13/h1H,4-7H2,2H3,(H,10,14)(H,12,13). The molecule has 6 heteroatoms. The summed E-state index contributed by atoms with van der Waals surface area (Å²) in [5.74, 6) is 1.14. The summed E-state index contributed by atoms with van der Waals surface area (Å²) in [5, 5.41) is 10.9. The Hall–Kier alpha value is -1.74. The largest absolute Gasteiger partial charge is 0.480 e. The molecular weight excluding hydrogens is 200 g/mol. The summed E-state index contributed by atoms with van der Waals surface area (Å²) in [7, 11) is 1.47. The number of rotatable bonds is 6. The van der Waals surface area contributed by atoms with Gasteiger partial charge in [0.1, 0.15) is 6.54 Å². The van der Waals surface area contributed by atoms with Crippen LogP contribution in [0, 0.1) is 12.3 Å². The highest BCUT2D eigenvalue weighted by atomic mass is 16.5. The number of methoxy groups -OCH3 is 1. The number of hydrogen-bond donors (Lipinski definition) is 2. The number of ether oxygens (including phenoxy) is 1. The first kappa shape index (κ1) is 13.3. The van der Waals surface area contributed by atoms with Gasteiger partial charge < -0.3 is 20.1 Å². The van der Waals surface area contributed by atoms with Gasteiger partial charge >= 0.3 is 12.0 Å². The number of carbonyl (C=O) groups excluding carboxylic acids is 1. The fourth-order valence-electron chi connectivity index (χ4n) is 0.856. The van der Waals surface area contributed by atoms with Crippen LogP contribution in [0.25, 0.3) is 0 Å². The van der Waals surface area contributed by atoms with E-state index in [1.54, 1.807) is 0 Å². The number of terminal acetylenes is 1. The third-order valence-corrected chi connectivity index (χ3v) is 1.52. The third-order valence-electron chi connectivity index (χ3n) is 1.52. The highest BCUT2D eigenvalue weighted by Gasteiger charge is 2.15. The smallest absolute Gasteiger partial charge is 0.323 e. The monoisotopic (exact) mass is 214 g/mol. The second kappa shape index (κ2) is 7.64. The number of nitrogens with one attached hydrogen (secondary N) is 1. The van der Waals surface area contributed by atoms with Crippen LogP contribution in [0.15, 0.2) is 0 Å². The summed E-state index contributed by atoms with van der Waals surface area (Å²) >= 11 is 0. The molecule has 0 aliphatic heterocycles. The van der Waals surface area contributed by atoms with Gasteiger partial charge in [-0.25, -0.2) is 4.79 Å². The summed E-state index contributed by atoms with van der Waals surface area (Å²) in [5.41, 5.74) is 0. The molecule has 0 aliphatic rings. The Labute approximate surface area is 88.2 Å². The van der Waals surface area contributed by atoms with Gasteiger partial charge in [-0.3, -0.25) is 4.79 Å². The van der Waals surface area contributed by atoms with Crippen LogP contribution in [-0.4, -0.2) is 55.4 Å². The molecule has 0 saturated carbocycles. The summed E-state index contributed by atoms with van der Waals surface area (Å²) in [4.78, 5) is 22.9. The molecule has 0 radical (unpaired) electrons. The van der Waals surface area contributed by atoms with Crippen LogP contribution in [0.4, 0.5) is 4.79 Å². The molecule has 0 heterocycles. The summed E-state index contributed by atoms with van der Waals surface area (Å²) < 4.78 is 4.75. The number of carbonyl (C=O) groups is 2. The molecule has 84 valence electrons. The van der Waals surface area contributed by atoms with E-state index in [0.29, 0.717) is 0 Å². The van der Waals surface area contributed by atoms with Crippen LogP contribution in [0.5, 0.6) is 0 Å². The third kappa shape index (κ3) is 6.35. The minimum absolute atomic E-state index is 0.0714. The number of carboxylic acid groups (broad SMARTS) is 1. The van der Waals surface area contributed by atoms with Crippen molar-refractivity contribution < 1.29 is 19.4 Å². The van der Waals surface area contributed by atoms with E-state index in [1.807, 2.05) is 0 Å². The van der Waals surface area contributed by atoms with Crippen molar-refractivity contribution >= 4 is 12.0 Å². The number of hydrogen-bond acceptors (Lipinski definition) is 3. The van der Waals surface area contributed by atoms with Crippen molar-refractivity contribution in [2.24, 2.45) is 0 Å². The first-order valence-corrected chi connectivity index (χ1v) is 4.28. The molecule has 2 amide bonds. The lowest BCUT2D eigenvalue weighted by Crippen LogP contribution is -2.44. The quantitative estimate of drug-likeness (QED) is 0.576. The van der Waals surface area contributed by atoms with E-state index in [0.717, 1.165) is 4.90 Å². The van der Waals surface area contributed by atoms with Gasteiger partial charge in [0.05, 0.1) is 13.2 Å². The Morgan fingerprint density at radius 2 is 2.27 bits per heavy atom. The van der Waals surface area contributed by atoms with Gasteiger partial charge in [0.15, 0.2) is 0 Å². The molecule has 0 unspecified atom stereocenters. The van der Waals surface area contributed by atoms with Crippen LogP contribution in [-0.2, 0) is 9.53 Å². The molecule has 0 aliphatic carbocycles. The first-order chi connectivity index (χ1) is 7.11. The van der Waals surface area contributed by atoms with E-state index in [1.165, 1.54) is 7.11 Å². The Bertz CT molecular complexity index is 259. The average molecular weight is 214 g/mol. The normalized spacial score (nSPS) is 9.07. The number of nitrogens with zero attached hydrogens (tertiary/aromatic N) is 1. The lowest BCUT2D eigenvalue weighted by molar-refractivity contribution is -0.137. The minimum Gasteiger partial charge on any atom is -0.480 e. The zero-order valence-electron chi connectivity index (χ0n) is 8.52. The molecule has 0 bridgehead atoms. The van der Waals surface area contributed by atoms with Crippen LogP contribution >= 0.6 is 0 Å². The van der Waals surface area contributed by atoms with E-state index < -0.39 is 12.0 Å². The summed E-state index contributed by atoms with van der Waals surface area (Å²) in [6.45, 7) is 0.178. The van der Waals surface area contributed by atoms with Crippen molar-refractivity contribution in [2.75, 3.05) is 33.4 Å². The van der Waals surface area contributed by atoms with Gasteiger partial charge in [-0.2, -0.15) is 0 Å². The Kier molecular flexibility index (Phi) is 6.76. The predicted molar refractivity (Wildman–Crippen MR) is 53.3 cm³/mol. The van der Waals surface area contributed by atoms with Crippen LogP contribution in [0.2, 0.25) is 0 Å². The molecule has 0 spiro atoms. The topological polar surface area (TPSA) is 78.9 Å². The molecule has 2 N–H and O–H groups in total. The molecule has 15 heavy (non-hydrogen) atoms. The Morgan fingerprint density at radius 3 is 2.73 bits per heavy atom. The minimum atomic E-state index is -1.08. The van der Waals surface area contributed by atoms with E-state index >= 15 is 0 Å². The van der Waals surface area contributed by atoms with Crippen molar-refractivity contribution in [3.05, 3.63) is 0 Å². The van der Waals surface area contributed by atoms with E-state index in [9.17, 15) is 9.59 Å². The lowest BCUT2D eigenvalue weighted by Gasteiger charge is -2.19. The molecule has 0 aromatic heterocycles. The zero-order chi connectivity index (χ0) is 11.7. The van der Waals surface area contributed by atoms with Gasteiger partial charge in [-0.05, 0) is 0 Å². The lowest BCUT2D eigenvalue weighted by atomic mass is 10.5. The van der Waals surface area contributed by atoms with E-state index in [4.69, 9.17) is 16.3 Å². The number of carboxylic acids is 1. The SMILES string of the molecule is C#CCNC(=O)N(CCOC)CC(=O)O. The summed E-state index contributed by atoms with van der Waals surface area (Å²) in [6.07, 6.45) is 4.95. The van der Waals surface area contributed by atoms with Gasteiger partial charge in [0.25, 0.3) is 0 Å². The van der Waals surface area contributed by atoms with E-state index in [-0.39, 0.29) is 26.2 Å². The number of aliphatic carboxylic acids is 1. The highest BCUT2D eigenvalue weighted by molar-refractivity contribution is 5.80. The van der Waals surface area contributed by atoms with Crippen molar-refractivity contribution in [1.29, 1.82) is 0 Å². The highest BCUT2D eigenvalue weighted by Crippen LogP contribution is 1.90. The van der Waals surface area contributed by atoms with Crippen molar-refractivity contribution in [3.8, 4) is 12.3 Å². The molecule has 0 saturated heterocycles. The fraction of sp³-hybridized carbons (Fsp3) is 0.556. The maximum Gasteiger partial charge on any atom is 0.323 e. The Balaban J connectivity index is 4.14. The molecule has 0 fully saturated rings. The van der Waals surface area contributed by atoms with Crippen LogP contribution < -0.4 is 5.32 Å². The van der Waals surface area contributed by atoms with Gasteiger partial charge in [-0.1, -0.05) is 5.92 Å². The molecule has 0 rings (SSSR count). The number of amides is 2. The second-order valence-corrected chi connectivity index (χ2v) is 2.67. The van der Waals surface area contributed by atoms with Gasteiger partial charge in [0.2, 0.25) is 0 Å². The Morgan fingerprint density at radius 1 is 1.60 bits per heavy atom. The molecule has 6 nitrogen and oxygen atoms in total.